The lowest BCUT2D eigenvalue weighted by Crippen LogP contribution is -2.50. The van der Waals surface area contributed by atoms with Gasteiger partial charge in [-0.1, -0.05) is 6.92 Å². The van der Waals surface area contributed by atoms with Crippen LogP contribution in [0.15, 0.2) is 0 Å². The van der Waals surface area contributed by atoms with Gasteiger partial charge in [0.1, 0.15) is 5.60 Å². The zero-order valence-corrected chi connectivity index (χ0v) is 9.68. The molecule has 0 rings (SSSR count). The average Bonchev–Trinajstić information content (AvgIpc) is 2.00. The lowest BCUT2D eigenvalue weighted by Gasteiger charge is -2.29. The molecule has 0 saturated carbocycles. The van der Waals surface area contributed by atoms with Gasteiger partial charge in [-0.05, 0) is 34.1 Å². The second-order valence-electron chi connectivity index (χ2n) is 4.70. The lowest BCUT2D eigenvalue weighted by molar-refractivity contribution is 0.0411. The van der Waals surface area contributed by atoms with Crippen molar-refractivity contribution < 1.29 is 14.6 Å². The molecule has 0 spiro atoms. The highest BCUT2D eigenvalue weighted by Gasteiger charge is 2.26. The molecule has 0 aromatic carbocycles. The summed E-state index contributed by atoms with van der Waals surface area (Å²) in [4.78, 5) is 11.3. The highest BCUT2D eigenvalue weighted by Crippen LogP contribution is 2.11. The van der Waals surface area contributed by atoms with E-state index in [1.54, 1.807) is 27.7 Å². The summed E-state index contributed by atoms with van der Waals surface area (Å²) in [7, 11) is 0. The van der Waals surface area contributed by atoms with Gasteiger partial charge in [-0.2, -0.15) is 0 Å². The zero-order valence-electron chi connectivity index (χ0n) is 9.68. The zero-order chi connectivity index (χ0) is 11.4. The molecule has 0 aromatic rings. The van der Waals surface area contributed by atoms with E-state index in [-0.39, 0.29) is 6.61 Å². The van der Waals surface area contributed by atoms with E-state index in [9.17, 15) is 4.79 Å². The molecular formula is C10H21NO3. The van der Waals surface area contributed by atoms with Crippen molar-refractivity contribution in [3.63, 3.8) is 0 Å². The first-order valence-corrected chi connectivity index (χ1v) is 4.84. The predicted molar refractivity (Wildman–Crippen MR) is 55.2 cm³/mol. The van der Waals surface area contributed by atoms with Crippen molar-refractivity contribution in [3.05, 3.63) is 0 Å². The molecule has 0 aromatic heterocycles. The Morgan fingerprint density at radius 2 is 1.86 bits per heavy atom. The molecule has 0 radical (unpaired) electrons. The Bertz CT molecular complexity index is 192. The Morgan fingerprint density at radius 3 is 2.14 bits per heavy atom. The molecule has 0 aliphatic heterocycles. The molecule has 0 aliphatic rings. The van der Waals surface area contributed by atoms with Crippen molar-refractivity contribution in [2.24, 2.45) is 0 Å². The third kappa shape index (κ3) is 5.07. The van der Waals surface area contributed by atoms with E-state index in [1.165, 1.54) is 0 Å². The van der Waals surface area contributed by atoms with E-state index in [2.05, 4.69) is 5.32 Å². The molecule has 4 heteroatoms. The normalized spacial score (nSPS) is 15.9. The van der Waals surface area contributed by atoms with Gasteiger partial charge in [0.15, 0.2) is 0 Å². The van der Waals surface area contributed by atoms with E-state index < -0.39 is 17.2 Å². The van der Waals surface area contributed by atoms with Crippen LogP contribution in [-0.2, 0) is 4.74 Å². The summed E-state index contributed by atoms with van der Waals surface area (Å²) in [6, 6.07) is 0. The molecule has 1 amide bonds. The van der Waals surface area contributed by atoms with Gasteiger partial charge in [-0.25, -0.2) is 4.79 Å². The first-order valence-electron chi connectivity index (χ1n) is 4.84. The minimum absolute atomic E-state index is 0.0945. The van der Waals surface area contributed by atoms with Crippen molar-refractivity contribution in [2.75, 3.05) is 6.61 Å². The van der Waals surface area contributed by atoms with Gasteiger partial charge in [0.25, 0.3) is 0 Å². The molecule has 2 N–H and O–H groups in total. The Balaban J connectivity index is 4.18. The van der Waals surface area contributed by atoms with E-state index in [0.717, 1.165) is 0 Å². The molecule has 4 nitrogen and oxygen atoms in total. The molecule has 0 saturated heterocycles. The van der Waals surface area contributed by atoms with Gasteiger partial charge < -0.3 is 15.2 Å². The van der Waals surface area contributed by atoms with Crippen LogP contribution < -0.4 is 5.32 Å². The van der Waals surface area contributed by atoms with Crippen LogP contribution in [0.3, 0.4) is 0 Å². The van der Waals surface area contributed by atoms with E-state index in [4.69, 9.17) is 9.84 Å². The molecule has 1 atom stereocenters. The van der Waals surface area contributed by atoms with Gasteiger partial charge in [0.2, 0.25) is 0 Å². The van der Waals surface area contributed by atoms with Crippen LogP contribution in [0.2, 0.25) is 0 Å². The summed E-state index contributed by atoms with van der Waals surface area (Å²) in [6.07, 6.45) is 0.166. The molecule has 14 heavy (non-hydrogen) atoms. The Morgan fingerprint density at radius 1 is 1.36 bits per heavy atom. The largest absolute Gasteiger partial charge is 0.444 e. The fourth-order valence-electron chi connectivity index (χ4n) is 0.790. The lowest BCUT2D eigenvalue weighted by atomic mass is 10.0. The minimum Gasteiger partial charge on any atom is -0.444 e. The van der Waals surface area contributed by atoms with E-state index in [0.29, 0.717) is 6.42 Å². The van der Waals surface area contributed by atoms with Crippen molar-refractivity contribution in [1.29, 1.82) is 0 Å². The fraction of sp³-hybridized carbons (Fsp3) is 0.900. The summed E-state index contributed by atoms with van der Waals surface area (Å²) in [5, 5.41) is 11.7. The van der Waals surface area contributed by atoms with Gasteiger partial charge in [-0.3, -0.25) is 0 Å². The van der Waals surface area contributed by atoms with Gasteiger partial charge in [0.05, 0.1) is 12.1 Å². The van der Waals surface area contributed by atoms with Crippen LogP contribution in [0.1, 0.15) is 41.0 Å². The first-order chi connectivity index (χ1) is 6.22. The monoisotopic (exact) mass is 203 g/mol. The molecule has 0 fully saturated rings. The summed E-state index contributed by atoms with van der Waals surface area (Å²) in [6.45, 7) is 8.98. The first kappa shape index (κ1) is 13.2. The van der Waals surface area contributed by atoms with Crippen molar-refractivity contribution in [1.82, 2.24) is 5.32 Å². The van der Waals surface area contributed by atoms with Gasteiger partial charge >= 0.3 is 6.09 Å². The number of hydrogen-bond donors (Lipinski definition) is 2. The van der Waals surface area contributed by atoms with Crippen LogP contribution in [0.4, 0.5) is 4.79 Å². The Hall–Kier alpha value is -0.770. The molecular weight excluding hydrogens is 182 g/mol. The number of nitrogens with one attached hydrogen (secondary N) is 1. The third-order valence-corrected chi connectivity index (χ3v) is 1.93. The maximum Gasteiger partial charge on any atom is 0.408 e. The third-order valence-electron chi connectivity index (χ3n) is 1.93. The van der Waals surface area contributed by atoms with Gasteiger partial charge in [-0.15, -0.1) is 0 Å². The highest BCUT2D eigenvalue weighted by molar-refractivity contribution is 5.68. The number of aliphatic hydroxyl groups excluding tert-OH is 1. The quantitative estimate of drug-likeness (QED) is 0.733. The van der Waals surface area contributed by atoms with Crippen molar-refractivity contribution in [3.8, 4) is 0 Å². The summed E-state index contributed by atoms with van der Waals surface area (Å²) >= 11 is 0. The van der Waals surface area contributed by atoms with Crippen LogP contribution >= 0.6 is 0 Å². The molecule has 0 heterocycles. The number of hydrogen-bond acceptors (Lipinski definition) is 3. The topological polar surface area (TPSA) is 58.6 Å². The number of rotatable bonds is 3. The standard InChI is InChI=1S/C10H21NO3/c1-6-10(5,7-12)11-8(13)14-9(2,3)4/h12H,6-7H2,1-5H3,(H,11,13)/t10-/m0/s1. The predicted octanol–water partition coefficient (Wildman–Crippen LogP) is 1.67. The second kappa shape index (κ2) is 4.64. The maximum absolute atomic E-state index is 11.3. The Kier molecular flexibility index (Phi) is 4.39. The number of amides is 1. The van der Waals surface area contributed by atoms with E-state index >= 15 is 0 Å². The minimum atomic E-state index is -0.595. The second-order valence-corrected chi connectivity index (χ2v) is 4.70. The van der Waals surface area contributed by atoms with Crippen molar-refractivity contribution >= 4 is 6.09 Å². The van der Waals surface area contributed by atoms with Crippen LogP contribution in [-0.4, -0.2) is 28.9 Å². The van der Waals surface area contributed by atoms with Crippen molar-refractivity contribution in [2.45, 2.75) is 52.2 Å². The SMILES string of the molecule is CC[C@@](C)(CO)NC(=O)OC(C)(C)C. The van der Waals surface area contributed by atoms with E-state index in [1.807, 2.05) is 6.92 Å². The number of aliphatic hydroxyl groups is 1. The summed E-state index contributed by atoms with van der Waals surface area (Å²) < 4.78 is 5.08. The fourth-order valence-corrected chi connectivity index (χ4v) is 0.790. The molecule has 0 bridgehead atoms. The summed E-state index contributed by atoms with van der Waals surface area (Å²) in [5.74, 6) is 0. The summed E-state index contributed by atoms with van der Waals surface area (Å²) in [5.41, 5.74) is -1.10. The number of ether oxygens (including phenoxy) is 1. The number of carbonyl (C=O) groups excluding carboxylic acids is 1. The molecule has 84 valence electrons. The van der Waals surface area contributed by atoms with Gasteiger partial charge in [0, 0.05) is 0 Å². The molecule has 0 unspecified atom stereocenters. The van der Waals surface area contributed by atoms with Crippen LogP contribution in [0, 0.1) is 0 Å². The smallest absolute Gasteiger partial charge is 0.408 e. The van der Waals surface area contributed by atoms with Crippen LogP contribution in [0.25, 0.3) is 0 Å². The maximum atomic E-state index is 11.3. The Labute approximate surface area is 85.6 Å². The average molecular weight is 203 g/mol. The highest BCUT2D eigenvalue weighted by atomic mass is 16.6. The van der Waals surface area contributed by atoms with Crippen LogP contribution in [0.5, 0.6) is 0 Å². The molecule has 0 aliphatic carbocycles. The number of alkyl carbamates (subject to hydrolysis) is 1. The number of carbonyl (C=O) groups is 1.